The first kappa shape index (κ1) is 35.7. The van der Waals surface area contributed by atoms with Gasteiger partial charge in [0.15, 0.2) is 9.93 Å². The number of aryl methyl sites for hydroxylation is 2. The van der Waals surface area contributed by atoms with E-state index in [0.29, 0.717) is 51.1 Å². The Bertz CT molecular complexity index is 1410. The minimum absolute atomic E-state index is 0. The summed E-state index contributed by atoms with van der Waals surface area (Å²) in [7, 11) is 0. The molecule has 2 aromatic heterocycles. The summed E-state index contributed by atoms with van der Waals surface area (Å²) >= 11 is 45.1. The molecule has 4 nitrogen and oxygen atoms in total. The van der Waals surface area contributed by atoms with Gasteiger partial charge in [-0.1, -0.05) is 97.3 Å². The van der Waals surface area contributed by atoms with Gasteiger partial charge in [-0.3, -0.25) is 0 Å². The molecule has 204 valence electrons. The van der Waals surface area contributed by atoms with Crippen LogP contribution in [0.2, 0.25) is 30.1 Å². The van der Waals surface area contributed by atoms with Gasteiger partial charge in [0, 0.05) is 56.0 Å². The number of hydrogen-bond acceptors (Lipinski definition) is 5. The Morgan fingerprint density at radius 1 is 0.789 bits per heavy atom. The van der Waals surface area contributed by atoms with Crippen molar-refractivity contribution in [3.63, 3.8) is 0 Å². The Morgan fingerprint density at radius 3 is 1.79 bits per heavy atom. The number of aromatic amines is 1. The van der Waals surface area contributed by atoms with Crippen LogP contribution >= 0.6 is 122 Å². The Labute approximate surface area is 275 Å². The number of nitrogens with one attached hydrogen (secondary N) is 1. The standard InChI is InChI=1S/C12H9Cl3N2S.C7H4BrCl3.C5H6N2S.ClH/c1-7-4-5-16-12(17-7)18-6-8-9(13)2-3-10(14)11(8)15;8-3-4-5(9)1-2-6(10)7(4)11;1-4-2-3-6-5(8)7-4;/h2-5H,6H2,1H3;1-2H,3H2;2-3H,1H3,(H,6,7,8);1H. The largest absolute Gasteiger partial charge is 0.335 e. The third kappa shape index (κ3) is 11.7. The smallest absolute Gasteiger partial charge is 0.196 e. The number of hydrogen-bond donors (Lipinski definition) is 1. The van der Waals surface area contributed by atoms with E-state index in [9.17, 15) is 0 Å². The van der Waals surface area contributed by atoms with Gasteiger partial charge in [-0.05, 0) is 62.5 Å². The van der Waals surface area contributed by atoms with Crippen LogP contribution in [0.1, 0.15) is 22.5 Å². The van der Waals surface area contributed by atoms with Crippen molar-refractivity contribution in [2.24, 2.45) is 0 Å². The topological polar surface area (TPSA) is 54.5 Å². The Balaban J connectivity index is 0.000000309. The highest BCUT2D eigenvalue weighted by molar-refractivity contribution is 9.08. The summed E-state index contributed by atoms with van der Waals surface area (Å²) in [5, 5.41) is 4.60. The van der Waals surface area contributed by atoms with E-state index >= 15 is 0 Å². The van der Waals surface area contributed by atoms with E-state index < -0.39 is 0 Å². The van der Waals surface area contributed by atoms with Crippen molar-refractivity contribution in [2.75, 3.05) is 0 Å². The fourth-order valence-electron chi connectivity index (χ4n) is 2.48. The monoisotopic (exact) mass is 752 g/mol. The number of H-pyrrole nitrogens is 1. The fourth-order valence-corrected chi connectivity index (χ4v) is 6.05. The third-order valence-electron chi connectivity index (χ3n) is 4.35. The summed E-state index contributed by atoms with van der Waals surface area (Å²) in [5.74, 6) is 0.585. The minimum atomic E-state index is 0. The molecular formula is C24H20BrCl7N4S2. The second-order valence-electron chi connectivity index (χ2n) is 7.10. The van der Waals surface area contributed by atoms with Gasteiger partial charge >= 0.3 is 0 Å². The average Bonchev–Trinajstić information content (AvgIpc) is 2.85. The van der Waals surface area contributed by atoms with Crippen molar-refractivity contribution < 1.29 is 0 Å². The van der Waals surface area contributed by atoms with Gasteiger partial charge in [0.2, 0.25) is 0 Å². The number of rotatable bonds is 4. The maximum Gasteiger partial charge on any atom is 0.196 e. The summed E-state index contributed by atoms with van der Waals surface area (Å²) in [5.41, 5.74) is 3.61. The first-order valence-electron chi connectivity index (χ1n) is 10.3. The molecule has 2 heterocycles. The van der Waals surface area contributed by atoms with Gasteiger partial charge in [0.1, 0.15) is 0 Å². The molecular weight excluding hydrogens is 737 g/mol. The molecule has 0 saturated carbocycles. The summed E-state index contributed by atoms with van der Waals surface area (Å²) in [4.78, 5) is 15.1. The van der Waals surface area contributed by atoms with Crippen LogP contribution < -0.4 is 0 Å². The van der Waals surface area contributed by atoms with Crippen molar-refractivity contribution >= 4 is 122 Å². The molecule has 0 atom stereocenters. The maximum atomic E-state index is 6.13. The minimum Gasteiger partial charge on any atom is -0.335 e. The number of halogens is 8. The van der Waals surface area contributed by atoms with Crippen molar-refractivity contribution in [3.8, 4) is 0 Å². The highest BCUT2D eigenvalue weighted by atomic mass is 79.9. The lowest BCUT2D eigenvalue weighted by molar-refractivity contribution is 0.932. The summed E-state index contributed by atoms with van der Waals surface area (Å²) in [6.07, 6.45) is 3.42. The Hall–Kier alpha value is -0.320. The molecule has 0 amide bonds. The summed E-state index contributed by atoms with van der Waals surface area (Å²) in [6.45, 7) is 3.86. The lowest BCUT2D eigenvalue weighted by Gasteiger charge is -2.07. The van der Waals surface area contributed by atoms with E-state index in [1.54, 1.807) is 36.7 Å². The lowest BCUT2D eigenvalue weighted by atomic mass is 10.2. The van der Waals surface area contributed by atoms with Crippen LogP contribution in [0, 0.1) is 18.6 Å². The van der Waals surface area contributed by atoms with Crippen molar-refractivity contribution in [1.82, 2.24) is 19.9 Å². The van der Waals surface area contributed by atoms with Crippen LogP contribution in [-0.2, 0) is 11.1 Å². The first-order valence-corrected chi connectivity index (χ1v) is 15.1. The summed E-state index contributed by atoms with van der Waals surface area (Å²) in [6, 6.07) is 10.6. The first-order chi connectivity index (χ1) is 17.5. The zero-order valence-electron chi connectivity index (χ0n) is 19.7. The molecule has 0 unspecified atom stereocenters. The number of benzene rings is 2. The molecule has 4 aromatic rings. The van der Waals surface area contributed by atoms with Gasteiger partial charge in [0.05, 0.1) is 20.1 Å². The summed E-state index contributed by atoms with van der Waals surface area (Å²) < 4.78 is 0.546. The molecule has 1 N–H and O–H groups in total. The van der Waals surface area contributed by atoms with Crippen molar-refractivity contribution in [3.05, 3.63) is 106 Å². The highest BCUT2D eigenvalue weighted by Gasteiger charge is 2.11. The van der Waals surface area contributed by atoms with Gasteiger partial charge in [-0.15, -0.1) is 12.4 Å². The van der Waals surface area contributed by atoms with Crippen LogP contribution in [0.25, 0.3) is 0 Å². The molecule has 0 aliphatic heterocycles. The van der Waals surface area contributed by atoms with Crippen LogP contribution in [0.4, 0.5) is 0 Å². The molecule has 0 aliphatic rings. The number of aromatic nitrogens is 4. The van der Waals surface area contributed by atoms with Gasteiger partial charge < -0.3 is 4.98 Å². The SMILES string of the molecule is Cc1ccnc(=S)[nH]1.Cc1ccnc(SCc2c(Cl)ccc(Cl)c2Cl)n1.Cl.Clc1ccc(Cl)c(CBr)c1Cl. The van der Waals surface area contributed by atoms with Crippen LogP contribution in [-0.4, -0.2) is 19.9 Å². The van der Waals surface area contributed by atoms with Crippen LogP contribution in [0.3, 0.4) is 0 Å². The van der Waals surface area contributed by atoms with E-state index in [2.05, 4.69) is 35.9 Å². The number of nitrogens with zero attached hydrogens (tertiary/aromatic N) is 3. The second-order valence-corrected chi connectivity index (χ2v) is 11.4. The molecule has 0 aliphatic carbocycles. The van der Waals surface area contributed by atoms with Crippen molar-refractivity contribution in [2.45, 2.75) is 30.1 Å². The van der Waals surface area contributed by atoms with Crippen molar-refractivity contribution in [1.29, 1.82) is 0 Å². The van der Waals surface area contributed by atoms with Gasteiger partial charge in [-0.25, -0.2) is 15.0 Å². The molecule has 0 saturated heterocycles. The van der Waals surface area contributed by atoms with E-state index in [-0.39, 0.29) is 12.4 Å². The fraction of sp³-hybridized carbons (Fsp3) is 0.167. The molecule has 0 fully saturated rings. The third-order valence-corrected chi connectivity index (χ3v) is 8.40. The zero-order valence-corrected chi connectivity index (χ0v) is 28.3. The van der Waals surface area contributed by atoms with Gasteiger partial charge in [-0.2, -0.15) is 0 Å². The second kappa shape index (κ2) is 18.2. The zero-order chi connectivity index (χ0) is 27.5. The van der Waals surface area contributed by atoms with E-state index in [1.807, 2.05) is 26.0 Å². The molecule has 14 heteroatoms. The quantitative estimate of drug-likeness (QED) is 0.0739. The lowest BCUT2D eigenvalue weighted by Crippen LogP contribution is -1.91. The highest BCUT2D eigenvalue weighted by Crippen LogP contribution is 2.35. The normalized spacial score (nSPS) is 9.92. The maximum absolute atomic E-state index is 6.13. The number of alkyl halides is 1. The average molecular weight is 757 g/mol. The molecule has 4 rings (SSSR count). The predicted molar refractivity (Wildman–Crippen MR) is 173 cm³/mol. The molecule has 0 radical (unpaired) electrons. The Morgan fingerprint density at radius 2 is 1.32 bits per heavy atom. The molecule has 0 spiro atoms. The predicted octanol–water partition coefficient (Wildman–Crippen LogP) is 11.4. The molecule has 2 aromatic carbocycles. The molecule has 0 bridgehead atoms. The molecule has 38 heavy (non-hydrogen) atoms. The van der Waals surface area contributed by atoms with E-state index in [1.165, 1.54) is 11.8 Å². The Kier molecular flexibility index (Phi) is 17.1. The van der Waals surface area contributed by atoms with E-state index in [4.69, 9.17) is 81.8 Å². The van der Waals surface area contributed by atoms with Crippen LogP contribution in [0.15, 0.2) is 53.9 Å². The number of thioether (sulfide) groups is 1. The van der Waals surface area contributed by atoms with Crippen LogP contribution in [0.5, 0.6) is 0 Å². The van der Waals surface area contributed by atoms with Gasteiger partial charge in [0.25, 0.3) is 0 Å². The van der Waals surface area contributed by atoms with E-state index in [0.717, 1.165) is 22.5 Å².